The second-order valence-electron chi connectivity index (χ2n) is 12.9. The molecule has 49 heavy (non-hydrogen) atoms. The third kappa shape index (κ3) is 3.73. The van der Waals surface area contributed by atoms with Gasteiger partial charge in [-0.2, -0.15) is 0 Å². The number of rotatable bonds is 3. The fourth-order valence-electron chi connectivity index (χ4n) is 8.18. The van der Waals surface area contributed by atoms with Gasteiger partial charge in [0.15, 0.2) is 0 Å². The summed E-state index contributed by atoms with van der Waals surface area (Å²) in [7, 11) is 0. The Kier molecular flexibility index (Phi) is 5.38. The zero-order chi connectivity index (χ0) is 32.1. The van der Waals surface area contributed by atoms with Crippen LogP contribution in [-0.4, -0.2) is 9.13 Å². The third-order valence-electron chi connectivity index (χ3n) is 10.3. The summed E-state index contributed by atoms with van der Waals surface area (Å²) in [6, 6.07) is 61.3. The van der Waals surface area contributed by atoms with E-state index in [2.05, 4.69) is 173 Å². The summed E-state index contributed by atoms with van der Waals surface area (Å²) in [6.07, 6.45) is 0. The fraction of sp³-hybridized carbons (Fsp3) is 0. The molecule has 0 spiro atoms. The van der Waals surface area contributed by atoms with Crippen LogP contribution in [0.5, 0.6) is 0 Å². The van der Waals surface area contributed by atoms with Crippen LogP contribution >= 0.6 is 0 Å². The van der Waals surface area contributed by atoms with Crippen LogP contribution < -0.4 is 0 Å². The van der Waals surface area contributed by atoms with Crippen LogP contribution in [0.15, 0.2) is 174 Å². The molecule has 3 heterocycles. The summed E-state index contributed by atoms with van der Waals surface area (Å²) >= 11 is 0. The minimum absolute atomic E-state index is 0.911. The minimum Gasteiger partial charge on any atom is -0.456 e. The molecule has 8 aromatic carbocycles. The Morgan fingerprint density at radius 3 is 1.84 bits per heavy atom. The molecule has 0 unspecified atom stereocenters. The Balaban J connectivity index is 1.19. The maximum absolute atomic E-state index is 6.38. The maximum atomic E-state index is 6.38. The molecular formula is C46H28N2O. The molecule has 11 rings (SSSR count). The van der Waals surface area contributed by atoms with E-state index >= 15 is 0 Å². The van der Waals surface area contributed by atoms with Crippen LogP contribution in [0.4, 0.5) is 0 Å². The van der Waals surface area contributed by atoms with E-state index in [1.165, 1.54) is 76.6 Å². The monoisotopic (exact) mass is 624 g/mol. The van der Waals surface area contributed by atoms with Gasteiger partial charge in [-0.1, -0.05) is 103 Å². The quantitative estimate of drug-likeness (QED) is 0.192. The van der Waals surface area contributed by atoms with E-state index in [0.29, 0.717) is 0 Å². The van der Waals surface area contributed by atoms with Crippen LogP contribution in [0.25, 0.3) is 98.8 Å². The van der Waals surface area contributed by atoms with Gasteiger partial charge in [0.05, 0.1) is 27.8 Å². The lowest BCUT2D eigenvalue weighted by atomic mass is 9.99. The molecule has 3 heteroatoms. The lowest BCUT2D eigenvalue weighted by Gasteiger charge is -2.12. The van der Waals surface area contributed by atoms with Gasteiger partial charge in [-0.05, 0) is 83.2 Å². The summed E-state index contributed by atoms with van der Waals surface area (Å²) in [5.41, 5.74) is 11.3. The smallest absolute Gasteiger partial charge is 0.136 e. The van der Waals surface area contributed by atoms with Crippen molar-refractivity contribution in [1.82, 2.24) is 9.13 Å². The van der Waals surface area contributed by atoms with E-state index in [1.54, 1.807) is 0 Å². The van der Waals surface area contributed by atoms with Gasteiger partial charge in [0.1, 0.15) is 11.2 Å². The molecule has 0 saturated heterocycles. The normalized spacial score (nSPS) is 12.1. The molecular weight excluding hydrogens is 597 g/mol. The van der Waals surface area contributed by atoms with Crippen molar-refractivity contribution in [1.29, 1.82) is 0 Å². The SMILES string of the molecule is c1ccc(-n2c3ccc(-c4ccc5c(c4)c4ccccc4n5-c4cccc5ccccc45)cc3c3c4c(ccc32)oc2ccccc24)cc1. The molecule has 228 valence electrons. The second-order valence-corrected chi connectivity index (χ2v) is 12.9. The number of nitrogens with zero attached hydrogens (tertiary/aromatic N) is 2. The highest BCUT2D eigenvalue weighted by Gasteiger charge is 2.20. The molecule has 0 aliphatic heterocycles. The van der Waals surface area contributed by atoms with E-state index in [1.807, 2.05) is 6.07 Å². The van der Waals surface area contributed by atoms with Gasteiger partial charge in [0, 0.05) is 43.4 Å². The highest BCUT2D eigenvalue weighted by molar-refractivity contribution is 6.27. The first-order chi connectivity index (χ1) is 24.3. The maximum Gasteiger partial charge on any atom is 0.136 e. The van der Waals surface area contributed by atoms with Crippen LogP contribution in [-0.2, 0) is 0 Å². The van der Waals surface area contributed by atoms with Crippen molar-refractivity contribution >= 4 is 76.3 Å². The van der Waals surface area contributed by atoms with Gasteiger partial charge in [-0.15, -0.1) is 0 Å². The highest BCUT2D eigenvalue weighted by atomic mass is 16.3. The molecule has 0 fully saturated rings. The molecule has 0 aliphatic rings. The zero-order valence-electron chi connectivity index (χ0n) is 26.5. The molecule has 0 radical (unpaired) electrons. The van der Waals surface area contributed by atoms with Crippen molar-refractivity contribution in [2.45, 2.75) is 0 Å². The first-order valence-electron chi connectivity index (χ1n) is 16.8. The second kappa shape index (κ2) is 9.96. The number of hydrogen-bond acceptors (Lipinski definition) is 1. The highest BCUT2D eigenvalue weighted by Crippen LogP contribution is 2.43. The first kappa shape index (κ1) is 26.5. The lowest BCUT2D eigenvalue weighted by molar-refractivity contribution is 0.669. The number of aromatic nitrogens is 2. The Morgan fingerprint density at radius 1 is 0.347 bits per heavy atom. The lowest BCUT2D eigenvalue weighted by Crippen LogP contribution is -1.95. The van der Waals surface area contributed by atoms with E-state index in [9.17, 15) is 0 Å². The molecule has 3 nitrogen and oxygen atoms in total. The Bertz CT molecular complexity index is 3100. The van der Waals surface area contributed by atoms with Crippen LogP contribution in [0.3, 0.4) is 0 Å². The average Bonchev–Trinajstić information content (AvgIpc) is 3.82. The van der Waals surface area contributed by atoms with Gasteiger partial charge in [0.25, 0.3) is 0 Å². The Hall–Kier alpha value is -6.58. The van der Waals surface area contributed by atoms with Crippen molar-refractivity contribution in [3.63, 3.8) is 0 Å². The van der Waals surface area contributed by atoms with Gasteiger partial charge < -0.3 is 13.6 Å². The van der Waals surface area contributed by atoms with E-state index in [4.69, 9.17) is 4.42 Å². The van der Waals surface area contributed by atoms with Crippen molar-refractivity contribution in [2.24, 2.45) is 0 Å². The molecule has 0 amide bonds. The summed E-state index contributed by atoms with van der Waals surface area (Å²) in [6.45, 7) is 0. The standard InChI is InChI=1S/C46H28N2O/c1-2-13-32(14-3-1)47-41-24-22-31(28-37(41)45-42(47)25-26-44-46(45)35-17-7-9-20-43(35)49-44)30-21-23-40-36(27-30)34-16-6-8-18-39(34)48(40)38-19-10-12-29-11-4-5-15-33(29)38/h1-28H. The number of hydrogen-bond donors (Lipinski definition) is 0. The predicted molar refractivity (Wildman–Crippen MR) is 205 cm³/mol. The van der Waals surface area contributed by atoms with Gasteiger partial charge in [0.2, 0.25) is 0 Å². The molecule has 0 N–H and O–H groups in total. The van der Waals surface area contributed by atoms with E-state index in [0.717, 1.165) is 22.2 Å². The van der Waals surface area contributed by atoms with Crippen LogP contribution in [0.2, 0.25) is 0 Å². The molecule has 0 saturated carbocycles. The Morgan fingerprint density at radius 2 is 0.980 bits per heavy atom. The summed E-state index contributed by atoms with van der Waals surface area (Å²) in [5, 5.41) is 9.72. The number of benzene rings is 8. The number of furan rings is 1. The van der Waals surface area contributed by atoms with Crippen LogP contribution in [0.1, 0.15) is 0 Å². The van der Waals surface area contributed by atoms with Crippen LogP contribution in [0, 0.1) is 0 Å². The van der Waals surface area contributed by atoms with Gasteiger partial charge in [-0.3, -0.25) is 0 Å². The Labute approximate surface area is 281 Å². The van der Waals surface area contributed by atoms with E-state index in [-0.39, 0.29) is 0 Å². The summed E-state index contributed by atoms with van der Waals surface area (Å²) < 4.78 is 11.2. The van der Waals surface area contributed by atoms with Crippen molar-refractivity contribution < 1.29 is 4.42 Å². The van der Waals surface area contributed by atoms with E-state index < -0.39 is 0 Å². The molecule has 11 aromatic rings. The topological polar surface area (TPSA) is 23.0 Å². The molecule has 0 bridgehead atoms. The van der Waals surface area contributed by atoms with Crippen molar-refractivity contribution in [2.75, 3.05) is 0 Å². The van der Waals surface area contributed by atoms with Crippen molar-refractivity contribution in [3.05, 3.63) is 170 Å². The zero-order valence-corrected chi connectivity index (χ0v) is 26.5. The molecule has 3 aromatic heterocycles. The first-order valence-corrected chi connectivity index (χ1v) is 16.8. The van der Waals surface area contributed by atoms with Crippen molar-refractivity contribution in [3.8, 4) is 22.5 Å². The number of fused-ring (bicyclic) bond motifs is 11. The predicted octanol–water partition coefficient (Wildman–Crippen LogP) is 12.6. The fourth-order valence-corrected chi connectivity index (χ4v) is 8.18. The largest absolute Gasteiger partial charge is 0.456 e. The third-order valence-corrected chi connectivity index (χ3v) is 10.3. The van der Waals surface area contributed by atoms with Gasteiger partial charge >= 0.3 is 0 Å². The molecule has 0 aliphatic carbocycles. The van der Waals surface area contributed by atoms with Gasteiger partial charge in [-0.25, -0.2) is 0 Å². The number of para-hydroxylation sites is 3. The average molecular weight is 625 g/mol. The molecule has 0 atom stereocenters. The summed E-state index contributed by atoms with van der Waals surface area (Å²) in [5.74, 6) is 0. The minimum atomic E-state index is 0.911. The summed E-state index contributed by atoms with van der Waals surface area (Å²) in [4.78, 5) is 0.